The van der Waals surface area contributed by atoms with E-state index in [-0.39, 0.29) is 12.6 Å². The summed E-state index contributed by atoms with van der Waals surface area (Å²) in [5.74, 6) is -0.301. The molecule has 0 saturated carbocycles. The summed E-state index contributed by atoms with van der Waals surface area (Å²) in [7, 11) is 0. The van der Waals surface area contributed by atoms with E-state index in [2.05, 4.69) is 38.4 Å². The molecule has 0 amide bonds. The molecule has 0 spiro atoms. The van der Waals surface area contributed by atoms with Crippen LogP contribution in [0.1, 0.15) is 21.5 Å². The van der Waals surface area contributed by atoms with Crippen LogP contribution in [0.15, 0.2) is 30.9 Å². The predicted octanol–water partition coefficient (Wildman–Crippen LogP) is 3.82. The maximum atomic E-state index is 11.9. The van der Waals surface area contributed by atoms with Crippen LogP contribution in [0.2, 0.25) is 0 Å². The molecule has 0 aliphatic rings. The van der Waals surface area contributed by atoms with Gasteiger partial charge in [0.1, 0.15) is 6.61 Å². The summed E-state index contributed by atoms with van der Waals surface area (Å²) in [4.78, 5) is 11.9. The van der Waals surface area contributed by atoms with Crippen molar-refractivity contribution in [2.45, 2.75) is 10.7 Å². The maximum absolute atomic E-state index is 11.9. The Labute approximate surface area is 112 Å². The van der Waals surface area contributed by atoms with E-state index < -0.39 is 0 Å². The lowest BCUT2D eigenvalue weighted by atomic mass is 10.0. The van der Waals surface area contributed by atoms with Crippen molar-refractivity contribution in [1.29, 1.82) is 0 Å². The molecule has 1 aromatic rings. The summed E-state index contributed by atoms with van der Waals surface area (Å²) in [6.07, 6.45) is 1.56. The first-order valence-electron chi connectivity index (χ1n) is 4.75. The quantitative estimate of drug-likeness (QED) is 0.460. The summed E-state index contributed by atoms with van der Waals surface area (Å²) < 4.78 is 5.06. The highest BCUT2D eigenvalue weighted by Gasteiger charge is 2.15. The first-order valence-corrected chi connectivity index (χ1v) is 6.99. The molecule has 0 N–H and O–H groups in total. The molecule has 0 bridgehead atoms. The van der Waals surface area contributed by atoms with Gasteiger partial charge >= 0.3 is 5.97 Å². The second kappa shape index (κ2) is 6.86. The van der Waals surface area contributed by atoms with E-state index in [1.807, 2.05) is 18.2 Å². The molecule has 0 aliphatic carbocycles. The van der Waals surface area contributed by atoms with Crippen LogP contribution in [-0.4, -0.2) is 12.6 Å². The maximum Gasteiger partial charge on any atom is 0.339 e. The monoisotopic (exact) mass is 346 g/mol. The molecule has 0 aliphatic heterocycles. The number of carbonyl (C=O) groups excluding carboxylic acids is 1. The van der Waals surface area contributed by atoms with Crippen molar-refractivity contribution in [2.24, 2.45) is 0 Å². The molecule has 0 fully saturated rings. The first kappa shape index (κ1) is 13.5. The molecule has 0 radical (unpaired) electrons. The molecule has 0 atom stereocenters. The van der Waals surface area contributed by atoms with E-state index in [9.17, 15) is 4.79 Å². The third-order valence-corrected chi connectivity index (χ3v) is 3.27. The number of alkyl halides is 2. The highest BCUT2D eigenvalue weighted by atomic mass is 79.9. The lowest BCUT2D eigenvalue weighted by molar-refractivity contribution is 0.0548. The van der Waals surface area contributed by atoms with Gasteiger partial charge in [-0.2, -0.15) is 0 Å². The highest BCUT2D eigenvalue weighted by molar-refractivity contribution is 9.08. The zero-order valence-corrected chi connectivity index (χ0v) is 11.9. The molecular formula is C12H12Br2O2. The average Bonchev–Trinajstić information content (AvgIpc) is 2.34. The first-order chi connectivity index (χ1) is 7.74. The van der Waals surface area contributed by atoms with Crippen LogP contribution in [0.5, 0.6) is 0 Å². The van der Waals surface area contributed by atoms with E-state index in [0.29, 0.717) is 16.2 Å². The van der Waals surface area contributed by atoms with Crippen LogP contribution in [-0.2, 0) is 15.4 Å². The minimum Gasteiger partial charge on any atom is -0.458 e. The number of carbonyl (C=O) groups is 1. The van der Waals surface area contributed by atoms with E-state index >= 15 is 0 Å². The molecule has 86 valence electrons. The highest BCUT2D eigenvalue weighted by Crippen LogP contribution is 2.21. The van der Waals surface area contributed by atoms with Crippen molar-refractivity contribution in [3.05, 3.63) is 47.5 Å². The Morgan fingerprint density at radius 3 is 2.31 bits per heavy atom. The van der Waals surface area contributed by atoms with Crippen molar-refractivity contribution in [3.8, 4) is 0 Å². The summed E-state index contributed by atoms with van der Waals surface area (Å²) in [5, 5.41) is 1.26. The molecule has 0 aromatic heterocycles. The molecule has 2 nitrogen and oxygen atoms in total. The van der Waals surface area contributed by atoms with Gasteiger partial charge in [0.15, 0.2) is 0 Å². The van der Waals surface area contributed by atoms with Crippen LogP contribution < -0.4 is 0 Å². The van der Waals surface area contributed by atoms with Gasteiger partial charge in [0.2, 0.25) is 0 Å². The summed E-state index contributed by atoms with van der Waals surface area (Å²) >= 11 is 6.73. The Hall–Kier alpha value is -0.610. The van der Waals surface area contributed by atoms with E-state index in [4.69, 9.17) is 4.74 Å². The number of esters is 1. The normalized spacial score (nSPS) is 9.88. The fraction of sp³-hybridized carbons (Fsp3) is 0.250. The van der Waals surface area contributed by atoms with E-state index in [1.165, 1.54) is 0 Å². The zero-order chi connectivity index (χ0) is 12.0. The number of rotatable bonds is 5. The lowest BCUT2D eigenvalue weighted by Gasteiger charge is -2.10. The number of benzene rings is 1. The summed E-state index contributed by atoms with van der Waals surface area (Å²) in [5.41, 5.74) is 2.51. The van der Waals surface area contributed by atoms with E-state index in [0.717, 1.165) is 11.1 Å². The SMILES string of the molecule is C=CCOC(=O)c1c(CBr)cccc1CBr. The van der Waals surface area contributed by atoms with Gasteiger partial charge in [-0.25, -0.2) is 4.79 Å². The zero-order valence-electron chi connectivity index (χ0n) is 8.71. The average molecular weight is 348 g/mol. The second-order valence-electron chi connectivity index (χ2n) is 3.11. The van der Waals surface area contributed by atoms with Crippen molar-refractivity contribution in [3.63, 3.8) is 0 Å². The molecule has 4 heteroatoms. The summed E-state index contributed by atoms with van der Waals surface area (Å²) in [6.45, 7) is 3.75. The van der Waals surface area contributed by atoms with E-state index in [1.54, 1.807) is 6.08 Å². The predicted molar refractivity (Wildman–Crippen MR) is 72.2 cm³/mol. The van der Waals surface area contributed by atoms with Crippen molar-refractivity contribution in [1.82, 2.24) is 0 Å². The number of ether oxygens (including phenoxy) is 1. The van der Waals surface area contributed by atoms with Gasteiger partial charge in [0.25, 0.3) is 0 Å². The molecule has 1 aromatic carbocycles. The Balaban J connectivity index is 3.07. The van der Waals surface area contributed by atoms with Gasteiger partial charge < -0.3 is 4.74 Å². The van der Waals surface area contributed by atoms with Gasteiger partial charge in [-0.05, 0) is 11.1 Å². The second-order valence-corrected chi connectivity index (χ2v) is 4.23. The van der Waals surface area contributed by atoms with Crippen LogP contribution >= 0.6 is 31.9 Å². The Morgan fingerprint density at radius 1 is 1.31 bits per heavy atom. The Morgan fingerprint density at radius 2 is 1.88 bits per heavy atom. The smallest absolute Gasteiger partial charge is 0.339 e. The number of hydrogen-bond acceptors (Lipinski definition) is 2. The van der Waals surface area contributed by atoms with Crippen LogP contribution in [0.25, 0.3) is 0 Å². The number of halogens is 2. The summed E-state index contributed by atoms with van der Waals surface area (Å²) in [6, 6.07) is 5.74. The van der Waals surface area contributed by atoms with Gasteiger partial charge in [0.05, 0.1) is 5.56 Å². The Bertz CT molecular complexity index is 366. The van der Waals surface area contributed by atoms with Gasteiger partial charge in [0, 0.05) is 10.7 Å². The third-order valence-electron chi connectivity index (χ3n) is 2.06. The van der Waals surface area contributed by atoms with Crippen molar-refractivity contribution >= 4 is 37.8 Å². The van der Waals surface area contributed by atoms with Crippen LogP contribution in [0, 0.1) is 0 Å². The standard InChI is InChI=1S/C12H12Br2O2/c1-2-6-16-12(15)11-9(7-13)4-3-5-10(11)8-14/h2-5H,1,6-8H2. The molecule has 0 saturated heterocycles. The van der Waals surface area contributed by atoms with Gasteiger partial charge in [-0.15, -0.1) is 0 Å². The minimum atomic E-state index is -0.301. The molecule has 16 heavy (non-hydrogen) atoms. The molecule has 0 heterocycles. The fourth-order valence-electron chi connectivity index (χ4n) is 1.35. The largest absolute Gasteiger partial charge is 0.458 e. The lowest BCUT2D eigenvalue weighted by Crippen LogP contribution is -2.10. The van der Waals surface area contributed by atoms with Crippen molar-refractivity contribution < 1.29 is 9.53 Å². The Kier molecular flexibility index (Phi) is 5.77. The fourth-order valence-corrected chi connectivity index (χ4v) is 2.28. The van der Waals surface area contributed by atoms with Crippen LogP contribution in [0.4, 0.5) is 0 Å². The third kappa shape index (κ3) is 3.19. The van der Waals surface area contributed by atoms with Gasteiger partial charge in [-0.1, -0.05) is 62.7 Å². The molecule has 0 unspecified atom stereocenters. The van der Waals surface area contributed by atoms with Gasteiger partial charge in [-0.3, -0.25) is 0 Å². The topological polar surface area (TPSA) is 26.3 Å². The number of hydrogen-bond donors (Lipinski definition) is 0. The molecule has 1 rings (SSSR count). The minimum absolute atomic E-state index is 0.233. The van der Waals surface area contributed by atoms with Crippen LogP contribution in [0.3, 0.4) is 0 Å². The van der Waals surface area contributed by atoms with Crippen molar-refractivity contribution in [2.75, 3.05) is 6.61 Å². The molecular weight excluding hydrogens is 336 g/mol.